The molecule has 0 aliphatic heterocycles. The summed E-state index contributed by atoms with van der Waals surface area (Å²) in [6, 6.07) is -0.688. The summed E-state index contributed by atoms with van der Waals surface area (Å²) >= 11 is 0. The molecule has 0 aromatic carbocycles. The van der Waals surface area contributed by atoms with Crippen LogP contribution in [-0.2, 0) is 23.7 Å². The van der Waals surface area contributed by atoms with Crippen LogP contribution in [0.1, 0.15) is 101 Å². The molecule has 0 aliphatic rings. The van der Waals surface area contributed by atoms with E-state index in [0.717, 1.165) is 25.7 Å². The van der Waals surface area contributed by atoms with Crippen LogP contribution >= 0.6 is 0 Å². The van der Waals surface area contributed by atoms with Gasteiger partial charge in [-0.3, -0.25) is 4.79 Å². The van der Waals surface area contributed by atoms with Gasteiger partial charge in [-0.15, -0.1) is 0 Å². The van der Waals surface area contributed by atoms with Crippen LogP contribution < -0.4 is 10.6 Å². The van der Waals surface area contributed by atoms with Gasteiger partial charge in [-0.05, 0) is 68.7 Å². The van der Waals surface area contributed by atoms with Crippen LogP contribution in [0.15, 0.2) is 0 Å². The molecule has 2 N–H and O–H groups in total. The van der Waals surface area contributed by atoms with Gasteiger partial charge in [0, 0.05) is 0 Å². The first-order chi connectivity index (χ1) is 16.0. The van der Waals surface area contributed by atoms with E-state index >= 15 is 0 Å². The van der Waals surface area contributed by atoms with Crippen LogP contribution in [0, 0.1) is 5.92 Å². The van der Waals surface area contributed by atoms with Gasteiger partial charge in [0.05, 0.1) is 30.7 Å². The lowest BCUT2D eigenvalue weighted by Crippen LogP contribution is -2.42. The number of alkyl carbamates (subject to hydrolysis) is 2. The fourth-order valence-corrected chi connectivity index (χ4v) is 3.11. The van der Waals surface area contributed by atoms with E-state index in [1.54, 1.807) is 55.4 Å². The molecule has 9 nitrogen and oxygen atoms in total. The number of esters is 1. The molecule has 0 radical (unpaired) electrons. The van der Waals surface area contributed by atoms with E-state index in [2.05, 4.69) is 17.6 Å². The normalized spacial score (nSPS) is 15.4. The molecule has 0 aromatic rings. The maximum Gasteiger partial charge on any atom is 0.407 e. The predicted molar refractivity (Wildman–Crippen MR) is 136 cm³/mol. The number of hydrogen-bond donors (Lipinski definition) is 2. The molecule has 0 spiro atoms. The molecule has 0 rings (SSSR count). The highest BCUT2D eigenvalue weighted by atomic mass is 16.6. The van der Waals surface area contributed by atoms with Gasteiger partial charge in [-0.25, -0.2) is 9.59 Å². The topological polar surface area (TPSA) is 112 Å². The summed E-state index contributed by atoms with van der Waals surface area (Å²) in [4.78, 5) is 36.6. The molecule has 0 bridgehead atoms. The van der Waals surface area contributed by atoms with Crippen LogP contribution in [0.3, 0.4) is 0 Å². The molecule has 9 heteroatoms. The Morgan fingerprint density at radius 1 is 0.743 bits per heavy atom. The van der Waals surface area contributed by atoms with Gasteiger partial charge < -0.3 is 29.6 Å². The van der Waals surface area contributed by atoms with Crippen LogP contribution in [-0.4, -0.2) is 60.8 Å². The monoisotopic (exact) mass is 502 g/mol. The molecule has 0 saturated heterocycles. The molecule has 2 amide bonds. The highest BCUT2D eigenvalue weighted by molar-refractivity contribution is 5.73. The molecule has 0 fully saturated rings. The molecular weight excluding hydrogens is 452 g/mol. The van der Waals surface area contributed by atoms with E-state index in [4.69, 9.17) is 18.9 Å². The third-order valence-corrected chi connectivity index (χ3v) is 4.83. The van der Waals surface area contributed by atoms with Crippen molar-refractivity contribution in [1.82, 2.24) is 10.6 Å². The third-order valence-electron chi connectivity index (χ3n) is 4.83. The van der Waals surface area contributed by atoms with Crippen LogP contribution in [0.2, 0.25) is 0 Å². The Morgan fingerprint density at radius 3 is 1.69 bits per heavy atom. The Labute approximate surface area is 212 Å². The first kappa shape index (κ1) is 33.0. The van der Waals surface area contributed by atoms with E-state index in [9.17, 15) is 14.4 Å². The fraction of sp³-hybridized carbons (Fsp3) is 0.885. The van der Waals surface area contributed by atoms with E-state index in [1.165, 1.54) is 0 Å². The third kappa shape index (κ3) is 18.0. The highest BCUT2D eigenvalue weighted by Crippen LogP contribution is 2.18. The number of carbonyl (C=O) groups excluding carboxylic acids is 3. The maximum absolute atomic E-state index is 12.7. The highest BCUT2D eigenvalue weighted by Gasteiger charge is 2.28. The fourth-order valence-electron chi connectivity index (χ4n) is 3.11. The van der Waals surface area contributed by atoms with Gasteiger partial charge in [0.2, 0.25) is 0 Å². The smallest absolute Gasteiger partial charge is 0.407 e. The standard InChI is InChI=1S/C26H50N2O7/c1-11-12-13-14-15-21(32-16-18(2)27-23(30)34-25(5,6)7)20(4)22(29)33-17-19(3)28-24(31)35-26(8,9)10/h18-21H,11-17H2,1-10H3,(H,27,30)(H,28,31)/t18?,19?,20-,21+/m0/s1. The number of amides is 2. The second kappa shape index (κ2) is 15.9. The first-order valence-electron chi connectivity index (χ1n) is 12.8. The number of hydrogen-bond acceptors (Lipinski definition) is 7. The zero-order valence-corrected chi connectivity index (χ0v) is 23.6. The Morgan fingerprint density at radius 2 is 1.23 bits per heavy atom. The van der Waals surface area contributed by atoms with Crippen LogP contribution in [0.5, 0.6) is 0 Å². The molecule has 4 atom stereocenters. The molecule has 0 heterocycles. The summed E-state index contributed by atoms with van der Waals surface area (Å²) in [5, 5.41) is 5.42. The van der Waals surface area contributed by atoms with Gasteiger partial charge >= 0.3 is 18.2 Å². The number of carbonyl (C=O) groups is 3. The molecule has 35 heavy (non-hydrogen) atoms. The van der Waals surface area contributed by atoms with Crippen molar-refractivity contribution in [2.75, 3.05) is 13.2 Å². The van der Waals surface area contributed by atoms with Crippen molar-refractivity contribution in [3.05, 3.63) is 0 Å². The summed E-state index contributed by atoms with van der Waals surface area (Å²) in [5.41, 5.74) is -1.19. The van der Waals surface area contributed by atoms with Gasteiger partial charge in [0.1, 0.15) is 17.8 Å². The molecular formula is C26H50N2O7. The molecule has 206 valence electrons. The Balaban J connectivity index is 4.81. The van der Waals surface area contributed by atoms with Crippen molar-refractivity contribution in [1.29, 1.82) is 0 Å². The van der Waals surface area contributed by atoms with Crippen molar-refractivity contribution < 1.29 is 33.3 Å². The minimum absolute atomic E-state index is 0.0293. The van der Waals surface area contributed by atoms with Crippen molar-refractivity contribution in [2.45, 2.75) is 131 Å². The number of ether oxygens (including phenoxy) is 4. The lowest BCUT2D eigenvalue weighted by Gasteiger charge is -2.27. The predicted octanol–water partition coefficient (Wildman–Crippen LogP) is 5.35. The van der Waals surface area contributed by atoms with Crippen molar-refractivity contribution >= 4 is 18.2 Å². The van der Waals surface area contributed by atoms with Crippen LogP contribution in [0.25, 0.3) is 0 Å². The van der Waals surface area contributed by atoms with Gasteiger partial charge in [-0.1, -0.05) is 32.6 Å². The Hall–Kier alpha value is -2.03. The summed E-state index contributed by atoms with van der Waals surface area (Å²) in [6.07, 6.45) is 3.52. The van der Waals surface area contributed by atoms with Gasteiger partial charge in [-0.2, -0.15) is 0 Å². The average Bonchev–Trinajstić information content (AvgIpc) is 2.67. The quantitative estimate of drug-likeness (QED) is 0.187. The largest absolute Gasteiger partial charge is 0.463 e. The lowest BCUT2D eigenvalue weighted by atomic mass is 9.98. The van der Waals surface area contributed by atoms with E-state index < -0.39 is 41.3 Å². The first-order valence-corrected chi connectivity index (χ1v) is 12.8. The molecule has 0 aliphatic carbocycles. The molecule has 0 saturated carbocycles. The summed E-state index contributed by atoms with van der Waals surface area (Å²) in [5.74, 6) is -0.893. The molecule has 0 aromatic heterocycles. The molecule has 2 unspecified atom stereocenters. The van der Waals surface area contributed by atoms with Gasteiger partial charge in [0.15, 0.2) is 0 Å². The van der Waals surface area contributed by atoms with Gasteiger partial charge in [0.25, 0.3) is 0 Å². The Bertz CT molecular complexity index is 641. The average molecular weight is 503 g/mol. The van der Waals surface area contributed by atoms with E-state index in [0.29, 0.717) is 6.42 Å². The second-order valence-electron chi connectivity index (χ2n) is 11.2. The number of unbranched alkanes of at least 4 members (excludes halogenated alkanes) is 3. The zero-order valence-electron chi connectivity index (χ0n) is 23.6. The zero-order chi connectivity index (χ0) is 27.2. The summed E-state index contributed by atoms with van der Waals surface area (Å²) in [6.45, 7) is 18.5. The maximum atomic E-state index is 12.7. The van der Waals surface area contributed by atoms with Crippen molar-refractivity contribution in [3.63, 3.8) is 0 Å². The van der Waals surface area contributed by atoms with Crippen LogP contribution in [0.4, 0.5) is 9.59 Å². The van der Waals surface area contributed by atoms with E-state index in [1.807, 2.05) is 6.92 Å². The van der Waals surface area contributed by atoms with E-state index in [-0.39, 0.29) is 25.4 Å². The minimum Gasteiger partial charge on any atom is -0.463 e. The van der Waals surface area contributed by atoms with Crippen molar-refractivity contribution in [3.8, 4) is 0 Å². The second-order valence-corrected chi connectivity index (χ2v) is 11.2. The summed E-state index contributed by atoms with van der Waals surface area (Å²) in [7, 11) is 0. The van der Waals surface area contributed by atoms with Crippen molar-refractivity contribution in [2.24, 2.45) is 5.92 Å². The minimum atomic E-state index is -0.604. The SMILES string of the molecule is CCCCCC[C@@H](OCC(C)NC(=O)OC(C)(C)C)[C@H](C)C(=O)OCC(C)NC(=O)OC(C)(C)C. The number of nitrogens with one attached hydrogen (secondary N) is 2. The Kier molecular flexibility index (Phi) is 14.9. The summed E-state index contributed by atoms with van der Waals surface area (Å²) < 4.78 is 22.0. The lowest BCUT2D eigenvalue weighted by molar-refractivity contribution is -0.154. The number of rotatable bonds is 14.